The molecule has 0 aliphatic heterocycles. The number of carbonyl (C=O) groups excluding carboxylic acids is 1. The van der Waals surface area contributed by atoms with Crippen LogP contribution in [0.25, 0.3) is 22.6 Å². The van der Waals surface area contributed by atoms with Crippen LogP contribution in [0.2, 0.25) is 10.0 Å². The second-order valence-electron chi connectivity index (χ2n) is 8.99. The van der Waals surface area contributed by atoms with Crippen molar-refractivity contribution in [3.8, 4) is 22.6 Å². The zero-order chi connectivity index (χ0) is 25.8. The van der Waals surface area contributed by atoms with Crippen molar-refractivity contribution in [1.82, 2.24) is 25.6 Å². The van der Waals surface area contributed by atoms with Gasteiger partial charge in [0.2, 0.25) is 0 Å². The Labute approximate surface area is 224 Å². The fraction of sp³-hybridized carbons (Fsp3) is 0.269. The molecule has 0 unspecified atom stereocenters. The van der Waals surface area contributed by atoms with E-state index in [1.165, 1.54) is 12.8 Å². The monoisotopic (exact) mass is 536 g/mol. The van der Waals surface area contributed by atoms with Crippen molar-refractivity contribution in [3.05, 3.63) is 64.6 Å². The molecule has 5 rings (SSSR count). The highest BCUT2D eigenvalue weighted by atomic mass is 35.5. The number of rotatable bonds is 9. The smallest absolute Gasteiger partial charge is 0.323 e. The lowest BCUT2D eigenvalue weighted by atomic mass is 10.0. The third kappa shape index (κ3) is 6.18. The first-order valence-electron chi connectivity index (χ1n) is 12.1. The molecule has 190 valence electrons. The van der Waals surface area contributed by atoms with Gasteiger partial charge >= 0.3 is 6.03 Å². The van der Waals surface area contributed by atoms with Crippen molar-refractivity contribution in [2.75, 3.05) is 28.6 Å². The quantitative estimate of drug-likeness (QED) is 0.225. The van der Waals surface area contributed by atoms with Crippen molar-refractivity contribution >= 4 is 46.4 Å². The van der Waals surface area contributed by atoms with E-state index in [0.29, 0.717) is 38.9 Å². The number of nitrogens with one attached hydrogen (secondary N) is 3. The van der Waals surface area contributed by atoms with E-state index in [2.05, 4.69) is 43.1 Å². The molecule has 1 aliphatic carbocycles. The van der Waals surface area contributed by atoms with E-state index in [-0.39, 0.29) is 0 Å². The normalized spacial score (nSPS) is 12.8. The van der Waals surface area contributed by atoms with E-state index in [4.69, 9.17) is 28.2 Å². The fourth-order valence-corrected chi connectivity index (χ4v) is 4.59. The van der Waals surface area contributed by atoms with Crippen LogP contribution in [-0.4, -0.2) is 44.7 Å². The molecule has 0 radical (unpaired) electrons. The number of pyridine rings is 1. The Hall–Kier alpha value is -3.69. The molecule has 2 aromatic heterocycles. The van der Waals surface area contributed by atoms with Gasteiger partial charge in [-0.05, 0) is 59.9 Å². The Balaban J connectivity index is 1.51. The Morgan fingerprint density at radius 3 is 2.59 bits per heavy atom. The van der Waals surface area contributed by atoms with Crippen molar-refractivity contribution < 1.29 is 4.79 Å². The van der Waals surface area contributed by atoms with E-state index in [0.717, 1.165) is 36.5 Å². The average molecular weight is 537 g/mol. The van der Waals surface area contributed by atoms with Gasteiger partial charge in [0.25, 0.3) is 0 Å². The molecule has 4 aromatic rings. The van der Waals surface area contributed by atoms with Gasteiger partial charge in [-0.25, -0.2) is 14.9 Å². The molecule has 0 atom stereocenters. The Morgan fingerprint density at radius 2 is 1.89 bits per heavy atom. The number of tetrazole rings is 1. The van der Waals surface area contributed by atoms with Gasteiger partial charge in [0.15, 0.2) is 5.82 Å². The number of benzene rings is 2. The molecular formula is C26H26Cl2N8O. The summed E-state index contributed by atoms with van der Waals surface area (Å²) in [4.78, 5) is 20.3. The minimum atomic E-state index is -0.427. The molecule has 1 aliphatic rings. The van der Waals surface area contributed by atoms with Crippen LogP contribution in [0.4, 0.5) is 22.0 Å². The molecular weight excluding hydrogens is 511 g/mol. The fourth-order valence-electron chi connectivity index (χ4n) is 4.13. The zero-order valence-electron chi connectivity index (χ0n) is 20.2. The number of carbonyl (C=O) groups is 1. The van der Waals surface area contributed by atoms with Crippen molar-refractivity contribution in [3.63, 3.8) is 0 Å². The number of H-pyrrole nitrogens is 1. The summed E-state index contributed by atoms with van der Waals surface area (Å²) in [6.07, 6.45) is 3.45. The summed E-state index contributed by atoms with van der Waals surface area (Å²) in [5.41, 5.74) is 3.41. The van der Waals surface area contributed by atoms with Crippen LogP contribution in [0.3, 0.4) is 0 Å². The van der Waals surface area contributed by atoms with Gasteiger partial charge in [-0.2, -0.15) is 0 Å². The molecule has 1 fully saturated rings. The molecule has 2 heterocycles. The molecule has 37 heavy (non-hydrogen) atoms. The van der Waals surface area contributed by atoms with Gasteiger partial charge in [-0.3, -0.25) is 0 Å². The summed E-state index contributed by atoms with van der Waals surface area (Å²) in [7, 11) is 0. The molecule has 9 nitrogen and oxygen atoms in total. The summed E-state index contributed by atoms with van der Waals surface area (Å²) in [5, 5.41) is 20.9. The lowest BCUT2D eigenvalue weighted by molar-refractivity contribution is 0.262. The molecule has 2 amide bonds. The van der Waals surface area contributed by atoms with E-state index in [1.54, 1.807) is 18.2 Å². The number of aromatic amines is 1. The largest absolute Gasteiger partial charge is 0.356 e. The van der Waals surface area contributed by atoms with Crippen LogP contribution in [-0.2, 0) is 0 Å². The first-order valence-corrected chi connectivity index (χ1v) is 12.9. The molecule has 0 spiro atoms. The first-order chi connectivity index (χ1) is 18.0. The molecule has 0 saturated heterocycles. The molecule has 2 aromatic carbocycles. The third-order valence-corrected chi connectivity index (χ3v) is 6.59. The van der Waals surface area contributed by atoms with Crippen LogP contribution in [0.5, 0.6) is 0 Å². The van der Waals surface area contributed by atoms with Crippen LogP contribution in [0.15, 0.2) is 54.6 Å². The second-order valence-corrected chi connectivity index (χ2v) is 9.83. The highest BCUT2D eigenvalue weighted by Crippen LogP contribution is 2.35. The maximum atomic E-state index is 12.9. The predicted octanol–water partition coefficient (Wildman–Crippen LogP) is 6.51. The highest BCUT2D eigenvalue weighted by Gasteiger charge is 2.25. The first kappa shape index (κ1) is 25.0. The Kier molecular flexibility index (Phi) is 7.52. The van der Waals surface area contributed by atoms with Crippen LogP contribution in [0.1, 0.15) is 26.2 Å². The number of hydrogen-bond acceptors (Lipinski definition) is 6. The molecule has 1 saturated carbocycles. The van der Waals surface area contributed by atoms with Crippen LogP contribution >= 0.6 is 23.2 Å². The lowest BCUT2D eigenvalue weighted by Crippen LogP contribution is -2.28. The summed E-state index contributed by atoms with van der Waals surface area (Å²) in [6.45, 7) is 3.95. The topological polar surface area (TPSA) is 112 Å². The minimum Gasteiger partial charge on any atom is -0.356 e. The minimum absolute atomic E-state index is 0.354. The maximum absolute atomic E-state index is 12.9. The van der Waals surface area contributed by atoms with Gasteiger partial charge in [-0.15, -0.1) is 5.10 Å². The molecule has 3 N–H and O–H groups in total. The van der Waals surface area contributed by atoms with Crippen LogP contribution in [0, 0.1) is 5.92 Å². The van der Waals surface area contributed by atoms with Gasteiger partial charge in [0.1, 0.15) is 5.82 Å². The summed E-state index contributed by atoms with van der Waals surface area (Å²) < 4.78 is 0. The van der Waals surface area contributed by atoms with E-state index in [1.807, 2.05) is 36.4 Å². The number of hydrogen-bond donors (Lipinski definition) is 3. The van der Waals surface area contributed by atoms with Crippen molar-refractivity contribution in [2.24, 2.45) is 5.92 Å². The number of amides is 2. The molecule has 11 heteroatoms. The molecule has 0 bridgehead atoms. The number of urea groups is 1. The van der Waals surface area contributed by atoms with Gasteiger partial charge in [0.05, 0.1) is 16.4 Å². The average Bonchev–Trinajstić information content (AvgIpc) is 3.54. The summed E-state index contributed by atoms with van der Waals surface area (Å²) in [5.74, 6) is 2.02. The highest BCUT2D eigenvalue weighted by molar-refractivity contribution is 6.36. The second kappa shape index (κ2) is 11.1. The van der Waals surface area contributed by atoms with Gasteiger partial charge in [0, 0.05) is 41.0 Å². The van der Waals surface area contributed by atoms with E-state index >= 15 is 0 Å². The summed E-state index contributed by atoms with van der Waals surface area (Å²) in [6, 6.07) is 16.0. The van der Waals surface area contributed by atoms with Gasteiger partial charge in [-0.1, -0.05) is 54.4 Å². The number of anilines is 3. The van der Waals surface area contributed by atoms with E-state index in [9.17, 15) is 4.79 Å². The Morgan fingerprint density at radius 1 is 1.08 bits per heavy atom. The lowest BCUT2D eigenvalue weighted by Gasteiger charge is -2.25. The van der Waals surface area contributed by atoms with E-state index < -0.39 is 6.03 Å². The standard InChI is InChI=1S/C26H26Cl2N8O/c1-2-11-36(15-16-7-8-16)24-14-18(29-26(37)31-22-10-9-17(27)12-21(22)28)13-23(30-24)19-5-3-4-6-20(19)25-32-34-35-33-25/h3-6,9-10,12-14,16H,2,7-8,11,15H2,1H3,(H2,29,30,31,37)(H,32,33,34,35). The third-order valence-electron chi connectivity index (χ3n) is 6.05. The van der Waals surface area contributed by atoms with Crippen LogP contribution < -0.4 is 15.5 Å². The Bertz CT molecular complexity index is 1390. The zero-order valence-corrected chi connectivity index (χ0v) is 21.7. The number of aromatic nitrogens is 5. The van der Waals surface area contributed by atoms with Crippen molar-refractivity contribution in [2.45, 2.75) is 26.2 Å². The van der Waals surface area contributed by atoms with Gasteiger partial charge < -0.3 is 15.5 Å². The maximum Gasteiger partial charge on any atom is 0.323 e. The van der Waals surface area contributed by atoms with Crippen molar-refractivity contribution in [1.29, 1.82) is 0 Å². The number of nitrogens with zero attached hydrogens (tertiary/aromatic N) is 5. The SMILES string of the molecule is CCCN(CC1CC1)c1cc(NC(=O)Nc2ccc(Cl)cc2Cl)cc(-c2ccccc2-c2nnn[nH]2)n1. The predicted molar refractivity (Wildman–Crippen MR) is 147 cm³/mol. The summed E-state index contributed by atoms with van der Waals surface area (Å²) >= 11 is 12.2. The number of halogens is 2.